The number of hydrogen-bond acceptors (Lipinski definition) is 6. The van der Waals surface area contributed by atoms with Crippen LogP contribution in [0, 0.1) is 6.92 Å². The van der Waals surface area contributed by atoms with Crippen molar-refractivity contribution in [3.05, 3.63) is 65.4 Å². The predicted molar refractivity (Wildman–Crippen MR) is 126 cm³/mol. The zero-order chi connectivity index (χ0) is 23.5. The number of hydrazine groups is 1. The Balaban J connectivity index is 1.47. The van der Waals surface area contributed by atoms with Gasteiger partial charge in [-0.25, -0.2) is 9.80 Å². The number of benzene rings is 2. The highest BCUT2D eigenvalue weighted by atomic mass is 32.2. The standard InChI is InChI=1S/C24H25N3O5S/c1-4-31-24(30)22-15(2)26(3)19-11-10-17(12-18(19)22)32-13-20(28)25-27-21(29)14-33-23(27)16-8-6-5-7-9-16/h5-12,23H,4,13-14H2,1-3H3,(H,25,28)/t23-/m1/s1. The van der Waals surface area contributed by atoms with Crippen LogP contribution >= 0.6 is 11.8 Å². The number of aromatic nitrogens is 1. The van der Waals surface area contributed by atoms with Gasteiger partial charge in [-0.3, -0.25) is 15.0 Å². The average Bonchev–Trinajstić information content (AvgIpc) is 3.29. The molecule has 1 aliphatic heterocycles. The van der Waals surface area contributed by atoms with Crippen molar-refractivity contribution in [3.63, 3.8) is 0 Å². The van der Waals surface area contributed by atoms with Gasteiger partial charge in [-0.1, -0.05) is 30.3 Å². The van der Waals surface area contributed by atoms with Gasteiger partial charge in [0, 0.05) is 23.6 Å². The lowest BCUT2D eigenvalue weighted by Gasteiger charge is -2.24. The quantitative estimate of drug-likeness (QED) is 0.536. The summed E-state index contributed by atoms with van der Waals surface area (Å²) >= 11 is 1.46. The molecule has 0 aliphatic carbocycles. The number of fused-ring (bicyclic) bond motifs is 1. The molecule has 3 aromatic rings. The third-order valence-electron chi connectivity index (χ3n) is 5.51. The van der Waals surface area contributed by atoms with Gasteiger partial charge in [-0.05, 0) is 37.6 Å². The Hall–Kier alpha value is -3.46. The van der Waals surface area contributed by atoms with Crippen molar-refractivity contribution in [3.8, 4) is 5.75 Å². The number of amides is 2. The molecule has 9 heteroatoms. The first-order valence-corrected chi connectivity index (χ1v) is 11.6. The van der Waals surface area contributed by atoms with Crippen molar-refractivity contribution in [2.75, 3.05) is 19.0 Å². The molecule has 4 rings (SSSR count). The Morgan fingerprint density at radius 1 is 1.18 bits per heavy atom. The van der Waals surface area contributed by atoms with E-state index >= 15 is 0 Å². The summed E-state index contributed by atoms with van der Waals surface area (Å²) in [5.74, 6) is -0.270. The van der Waals surface area contributed by atoms with Gasteiger partial charge in [0.1, 0.15) is 11.1 Å². The number of carbonyl (C=O) groups excluding carboxylic acids is 3. The first-order chi connectivity index (χ1) is 15.9. The number of hydrogen-bond donors (Lipinski definition) is 1. The van der Waals surface area contributed by atoms with E-state index in [2.05, 4.69) is 5.43 Å². The van der Waals surface area contributed by atoms with Crippen LogP contribution in [-0.4, -0.2) is 46.3 Å². The Morgan fingerprint density at radius 2 is 1.94 bits per heavy atom. The van der Waals surface area contributed by atoms with E-state index in [4.69, 9.17) is 9.47 Å². The summed E-state index contributed by atoms with van der Waals surface area (Å²) in [4.78, 5) is 37.3. The Labute approximate surface area is 195 Å². The monoisotopic (exact) mass is 467 g/mol. The lowest BCUT2D eigenvalue weighted by atomic mass is 10.1. The van der Waals surface area contributed by atoms with Gasteiger partial charge in [0.25, 0.3) is 11.8 Å². The molecule has 2 amide bonds. The minimum atomic E-state index is -0.443. The van der Waals surface area contributed by atoms with E-state index < -0.39 is 11.9 Å². The van der Waals surface area contributed by atoms with Gasteiger partial charge in [0.2, 0.25) is 0 Å². The summed E-state index contributed by atoms with van der Waals surface area (Å²) in [6.45, 7) is 3.62. The van der Waals surface area contributed by atoms with Crippen LogP contribution in [0.2, 0.25) is 0 Å². The second-order valence-corrected chi connectivity index (χ2v) is 8.65. The van der Waals surface area contributed by atoms with Crippen LogP contribution in [0.4, 0.5) is 0 Å². The van der Waals surface area contributed by atoms with Crippen LogP contribution in [0.1, 0.15) is 33.9 Å². The molecule has 1 saturated heterocycles. The normalized spacial score (nSPS) is 15.7. The molecule has 8 nitrogen and oxygen atoms in total. The topological polar surface area (TPSA) is 89.9 Å². The van der Waals surface area contributed by atoms with Crippen LogP contribution in [0.5, 0.6) is 5.75 Å². The Kier molecular flexibility index (Phi) is 6.60. The van der Waals surface area contributed by atoms with Crippen molar-refractivity contribution in [1.82, 2.24) is 15.0 Å². The summed E-state index contributed by atoms with van der Waals surface area (Å²) in [5.41, 5.74) is 5.73. The predicted octanol–water partition coefficient (Wildman–Crippen LogP) is 3.35. The van der Waals surface area contributed by atoms with E-state index in [1.807, 2.05) is 54.9 Å². The maximum Gasteiger partial charge on any atom is 0.340 e. The summed E-state index contributed by atoms with van der Waals surface area (Å²) in [6.07, 6.45) is 0. The summed E-state index contributed by atoms with van der Waals surface area (Å²) in [5, 5.41) is 1.77. The largest absolute Gasteiger partial charge is 0.484 e. The summed E-state index contributed by atoms with van der Waals surface area (Å²) < 4.78 is 12.8. The van der Waals surface area contributed by atoms with Crippen molar-refractivity contribution < 1.29 is 23.9 Å². The molecule has 0 spiro atoms. The van der Waals surface area contributed by atoms with Gasteiger partial charge < -0.3 is 14.0 Å². The molecule has 0 bridgehead atoms. The van der Waals surface area contributed by atoms with Crippen molar-refractivity contribution in [2.24, 2.45) is 7.05 Å². The minimum Gasteiger partial charge on any atom is -0.484 e. The second-order valence-electron chi connectivity index (χ2n) is 7.58. The lowest BCUT2D eigenvalue weighted by Crippen LogP contribution is -2.46. The molecule has 0 radical (unpaired) electrons. The number of nitrogens with one attached hydrogen (secondary N) is 1. The van der Waals surface area contributed by atoms with Gasteiger partial charge in [0.15, 0.2) is 6.61 Å². The molecule has 33 heavy (non-hydrogen) atoms. The molecule has 2 aromatic carbocycles. The fourth-order valence-electron chi connectivity index (χ4n) is 3.83. The highest BCUT2D eigenvalue weighted by Crippen LogP contribution is 2.37. The fraction of sp³-hybridized carbons (Fsp3) is 0.292. The van der Waals surface area contributed by atoms with Crippen LogP contribution in [0.3, 0.4) is 0 Å². The molecule has 1 aliphatic rings. The van der Waals surface area contributed by atoms with Crippen molar-refractivity contribution in [1.29, 1.82) is 0 Å². The lowest BCUT2D eigenvalue weighted by molar-refractivity contribution is -0.140. The molecule has 1 aromatic heterocycles. The number of esters is 1. The van der Waals surface area contributed by atoms with Crippen LogP contribution in [0.15, 0.2) is 48.5 Å². The van der Waals surface area contributed by atoms with Crippen molar-refractivity contribution in [2.45, 2.75) is 19.2 Å². The third kappa shape index (κ3) is 4.54. The number of aryl methyl sites for hydroxylation is 1. The zero-order valence-corrected chi connectivity index (χ0v) is 19.5. The number of thioether (sulfide) groups is 1. The van der Waals surface area contributed by atoms with Gasteiger partial charge in [-0.2, -0.15) is 0 Å². The maximum absolute atomic E-state index is 12.6. The maximum atomic E-state index is 12.6. The highest BCUT2D eigenvalue weighted by Gasteiger charge is 2.34. The first kappa shape index (κ1) is 22.7. The average molecular weight is 468 g/mol. The Morgan fingerprint density at radius 3 is 2.67 bits per heavy atom. The van der Waals surface area contributed by atoms with E-state index in [-0.39, 0.29) is 24.5 Å². The van der Waals surface area contributed by atoms with Crippen LogP contribution in [0.25, 0.3) is 10.9 Å². The molecular weight excluding hydrogens is 442 g/mol. The molecular formula is C24H25N3O5S. The molecule has 172 valence electrons. The summed E-state index contributed by atoms with van der Waals surface area (Å²) in [7, 11) is 1.88. The number of ether oxygens (including phenoxy) is 2. The highest BCUT2D eigenvalue weighted by molar-refractivity contribution is 8.00. The minimum absolute atomic E-state index is 0.164. The van der Waals surface area contributed by atoms with Gasteiger partial charge in [0.05, 0.1) is 17.9 Å². The van der Waals surface area contributed by atoms with Crippen molar-refractivity contribution >= 4 is 40.4 Å². The fourth-order valence-corrected chi connectivity index (χ4v) is 4.93. The molecule has 0 saturated carbocycles. The molecule has 0 unspecified atom stereocenters. The smallest absolute Gasteiger partial charge is 0.340 e. The SMILES string of the molecule is CCOC(=O)c1c(C)n(C)c2ccc(OCC(=O)NN3C(=O)CS[C@@H]3c3ccccc3)cc12. The van der Waals surface area contributed by atoms with Crippen LogP contribution in [-0.2, 0) is 21.4 Å². The van der Waals surface area contributed by atoms with E-state index in [0.29, 0.717) is 22.5 Å². The number of rotatable bonds is 7. The molecule has 1 atom stereocenters. The number of carbonyl (C=O) groups is 3. The summed E-state index contributed by atoms with van der Waals surface area (Å²) in [6, 6.07) is 14.8. The zero-order valence-electron chi connectivity index (χ0n) is 18.7. The van der Waals surface area contributed by atoms with E-state index in [0.717, 1.165) is 16.8 Å². The first-order valence-electron chi connectivity index (χ1n) is 10.6. The number of nitrogens with zero attached hydrogens (tertiary/aromatic N) is 2. The van der Waals surface area contributed by atoms with E-state index in [1.54, 1.807) is 19.1 Å². The van der Waals surface area contributed by atoms with E-state index in [1.165, 1.54) is 16.8 Å². The Bertz CT molecular complexity index is 1210. The third-order valence-corrected chi connectivity index (χ3v) is 6.72. The van der Waals surface area contributed by atoms with Gasteiger partial charge in [-0.15, -0.1) is 11.8 Å². The molecule has 2 heterocycles. The molecule has 1 fully saturated rings. The second kappa shape index (κ2) is 9.58. The van der Waals surface area contributed by atoms with Gasteiger partial charge >= 0.3 is 5.97 Å². The molecule has 1 N–H and O–H groups in total. The van der Waals surface area contributed by atoms with E-state index in [9.17, 15) is 14.4 Å². The van der Waals surface area contributed by atoms with Crippen LogP contribution < -0.4 is 10.2 Å².